The lowest BCUT2D eigenvalue weighted by atomic mass is 10.00. The van der Waals surface area contributed by atoms with E-state index in [1.165, 1.54) is 50.3 Å². The summed E-state index contributed by atoms with van der Waals surface area (Å²) in [5, 5.41) is 5.81. The van der Waals surface area contributed by atoms with Crippen molar-refractivity contribution in [2.75, 3.05) is 24.9 Å². The fourth-order valence-corrected chi connectivity index (χ4v) is 5.17. The minimum atomic E-state index is -0.260. The van der Waals surface area contributed by atoms with Crippen molar-refractivity contribution in [1.82, 2.24) is 0 Å². The molecular weight excluding hydrogens is 436 g/mol. The molecule has 0 radical (unpaired) electrons. The van der Waals surface area contributed by atoms with E-state index in [-0.39, 0.29) is 11.8 Å². The summed E-state index contributed by atoms with van der Waals surface area (Å²) in [7, 11) is 3.04. The molecule has 2 aromatic carbocycles. The minimum Gasteiger partial charge on any atom is -0.494 e. The van der Waals surface area contributed by atoms with E-state index in [1.54, 1.807) is 47.7 Å². The fourth-order valence-electron chi connectivity index (χ4n) is 4.02. The van der Waals surface area contributed by atoms with Crippen LogP contribution in [-0.2, 0) is 12.8 Å². The topological polar surface area (TPSA) is 76.7 Å². The van der Waals surface area contributed by atoms with Crippen LogP contribution in [0.5, 0.6) is 11.5 Å². The van der Waals surface area contributed by atoms with E-state index in [9.17, 15) is 9.59 Å². The zero-order valence-corrected chi connectivity index (χ0v) is 19.7. The molecule has 1 heterocycles. The van der Waals surface area contributed by atoms with E-state index < -0.39 is 0 Å². The molecule has 4 rings (SSSR count). The highest BCUT2D eigenvalue weighted by atomic mass is 32.1. The molecule has 0 unspecified atom stereocenters. The number of methoxy groups -OCH3 is 2. The molecule has 2 amide bonds. The van der Waals surface area contributed by atoms with E-state index in [0.717, 1.165) is 12.8 Å². The second-order valence-electron chi connectivity index (χ2n) is 8.00. The molecule has 0 aliphatic heterocycles. The van der Waals surface area contributed by atoms with Gasteiger partial charge in [-0.15, -0.1) is 11.3 Å². The lowest BCUT2D eigenvalue weighted by Crippen LogP contribution is -2.14. The van der Waals surface area contributed by atoms with Crippen LogP contribution in [0.15, 0.2) is 48.5 Å². The van der Waals surface area contributed by atoms with Crippen molar-refractivity contribution in [3.63, 3.8) is 0 Å². The van der Waals surface area contributed by atoms with Crippen LogP contribution in [0.25, 0.3) is 0 Å². The number of nitrogens with one attached hydrogen (secondary N) is 2. The zero-order chi connectivity index (χ0) is 23.2. The molecule has 0 atom stereocenters. The smallest absolute Gasteiger partial charge is 0.265 e. The van der Waals surface area contributed by atoms with E-state index in [2.05, 4.69) is 10.6 Å². The van der Waals surface area contributed by atoms with Crippen molar-refractivity contribution in [2.45, 2.75) is 38.5 Å². The monoisotopic (exact) mass is 464 g/mol. The van der Waals surface area contributed by atoms with Gasteiger partial charge in [-0.2, -0.15) is 0 Å². The average molecular weight is 465 g/mol. The maximum Gasteiger partial charge on any atom is 0.265 e. The number of benzene rings is 2. The number of aryl methyl sites for hydroxylation is 2. The first-order chi connectivity index (χ1) is 16.1. The Morgan fingerprint density at radius 2 is 1.39 bits per heavy atom. The summed E-state index contributed by atoms with van der Waals surface area (Å²) in [4.78, 5) is 27.7. The van der Waals surface area contributed by atoms with Crippen LogP contribution in [0.2, 0.25) is 0 Å². The Morgan fingerprint density at radius 3 is 2.03 bits per heavy atom. The number of carbonyl (C=O) groups excluding carboxylic acids is 2. The van der Waals surface area contributed by atoms with Crippen LogP contribution < -0.4 is 20.1 Å². The predicted molar refractivity (Wildman–Crippen MR) is 132 cm³/mol. The average Bonchev–Trinajstić information content (AvgIpc) is 3.22. The molecule has 1 aromatic heterocycles. The second-order valence-corrected chi connectivity index (χ2v) is 9.14. The van der Waals surface area contributed by atoms with Gasteiger partial charge in [-0.05, 0) is 49.4 Å². The molecule has 172 valence electrons. The van der Waals surface area contributed by atoms with E-state index in [4.69, 9.17) is 9.47 Å². The Balaban J connectivity index is 1.56. The number of rotatable bonds is 6. The van der Waals surface area contributed by atoms with Crippen molar-refractivity contribution in [3.8, 4) is 11.5 Å². The Morgan fingerprint density at radius 1 is 0.788 bits per heavy atom. The first-order valence-corrected chi connectivity index (χ1v) is 12.0. The fraction of sp³-hybridized carbons (Fsp3) is 0.308. The first-order valence-electron chi connectivity index (χ1n) is 11.1. The highest BCUT2D eigenvalue weighted by molar-refractivity contribution is 7.14. The van der Waals surface area contributed by atoms with Gasteiger partial charge in [-0.1, -0.05) is 31.0 Å². The minimum absolute atomic E-state index is 0.173. The summed E-state index contributed by atoms with van der Waals surface area (Å²) < 4.78 is 11.0. The first kappa shape index (κ1) is 22.9. The Bertz CT molecular complexity index is 1120. The standard InChI is InChI=1S/C26H28N2O4S/c1-31-21-16-20(22(32-2)15-19(21)27-25(29)17-10-7-5-8-11-17)28-26(30)24-14-18-12-6-3-4-9-13-23(18)33-24/h5,7-8,10-11,14-16H,3-4,6,9,12-13H2,1-2H3,(H,27,29)(H,28,30). The quantitative estimate of drug-likeness (QED) is 0.474. The molecule has 0 saturated heterocycles. The van der Waals surface area contributed by atoms with E-state index in [1.807, 2.05) is 12.1 Å². The summed E-state index contributed by atoms with van der Waals surface area (Å²) in [5.74, 6) is 0.424. The molecular formula is C26H28N2O4S. The van der Waals surface area contributed by atoms with Gasteiger partial charge in [0.1, 0.15) is 11.5 Å². The van der Waals surface area contributed by atoms with Gasteiger partial charge in [0, 0.05) is 22.6 Å². The van der Waals surface area contributed by atoms with Gasteiger partial charge in [0.15, 0.2) is 0 Å². The maximum atomic E-state index is 13.1. The second kappa shape index (κ2) is 10.5. The molecule has 3 aromatic rings. The number of hydrogen-bond acceptors (Lipinski definition) is 5. The van der Waals surface area contributed by atoms with E-state index >= 15 is 0 Å². The van der Waals surface area contributed by atoms with Crippen LogP contribution in [0, 0.1) is 0 Å². The maximum absolute atomic E-state index is 13.1. The molecule has 2 N–H and O–H groups in total. The SMILES string of the molecule is COc1cc(NC(=O)c2cc3c(s2)CCCCCC3)c(OC)cc1NC(=O)c1ccccc1. The van der Waals surface area contributed by atoms with Gasteiger partial charge >= 0.3 is 0 Å². The van der Waals surface area contributed by atoms with Gasteiger partial charge in [0.2, 0.25) is 0 Å². The summed E-state index contributed by atoms with van der Waals surface area (Å²) in [6.07, 6.45) is 6.93. The van der Waals surface area contributed by atoms with Crippen molar-refractivity contribution < 1.29 is 19.1 Å². The third-order valence-electron chi connectivity index (χ3n) is 5.77. The van der Waals surface area contributed by atoms with E-state index in [0.29, 0.717) is 33.3 Å². The summed E-state index contributed by atoms with van der Waals surface area (Å²) in [6, 6.07) is 14.3. The van der Waals surface area contributed by atoms with Crippen LogP contribution in [0.4, 0.5) is 11.4 Å². The van der Waals surface area contributed by atoms with Crippen molar-refractivity contribution in [1.29, 1.82) is 0 Å². The van der Waals surface area contributed by atoms with Crippen LogP contribution in [0.1, 0.15) is 56.2 Å². The highest BCUT2D eigenvalue weighted by Gasteiger charge is 2.19. The summed E-state index contributed by atoms with van der Waals surface area (Å²) in [6.45, 7) is 0. The van der Waals surface area contributed by atoms with Crippen molar-refractivity contribution >= 4 is 34.5 Å². The molecule has 1 aliphatic carbocycles. The summed E-state index contributed by atoms with van der Waals surface area (Å²) >= 11 is 1.58. The van der Waals surface area contributed by atoms with Gasteiger partial charge in [-0.3, -0.25) is 9.59 Å². The normalized spacial score (nSPS) is 13.3. The molecule has 7 heteroatoms. The number of carbonyl (C=O) groups is 2. The van der Waals surface area contributed by atoms with Crippen molar-refractivity contribution in [2.24, 2.45) is 0 Å². The van der Waals surface area contributed by atoms with Crippen molar-refractivity contribution in [3.05, 3.63) is 69.4 Å². The lowest BCUT2D eigenvalue weighted by Gasteiger charge is -2.16. The number of ether oxygens (including phenoxy) is 2. The predicted octanol–water partition coefficient (Wildman–Crippen LogP) is 5.93. The lowest BCUT2D eigenvalue weighted by molar-refractivity contribution is 0.101. The highest BCUT2D eigenvalue weighted by Crippen LogP contribution is 2.37. The number of thiophene rings is 1. The Labute approximate surface area is 197 Å². The largest absolute Gasteiger partial charge is 0.494 e. The molecule has 0 bridgehead atoms. The molecule has 0 spiro atoms. The van der Waals surface area contributed by atoms with Gasteiger partial charge in [-0.25, -0.2) is 0 Å². The Kier molecular flexibility index (Phi) is 7.29. The number of amides is 2. The number of fused-ring (bicyclic) bond motifs is 1. The molecule has 0 fully saturated rings. The van der Waals surface area contributed by atoms with Crippen LogP contribution >= 0.6 is 11.3 Å². The molecule has 1 aliphatic rings. The molecule has 33 heavy (non-hydrogen) atoms. The molecule has 6 nitrogen and oxygen atoms in total. The third kappa shape index (κ3) is 5.37. The number of anilines is 2. The van der Waals surface area contributed by atoms with Gasteiger partial charge in [0.05, 0.1) is 30.5 Å². The van der Waals surface area contributed by atoms with Crippen LogP contribution in [-0.4, -0.2) is 26.0 Å². The van der Waals surface area contributed by atoms with Gasteiger partial charge in [0.25, 0.3) is 11.8 Å². The third-order valence-corrected chi connectivity index (χ3v) is 7.01. The molecule has 0 saturated carbocycles. The summed E-state index contributed by atoms with van der Waals surface area (Å²) in [5.41, 5.74) is 2.77. The number of hydrogen-bond donors (Lipinski definition) is 2. The van der Waals surface area contributed by atoms with Gasteiger partial charge < -0.3 is 20.1 Å². The zero-order valence-electron chi connectivity index (χ0n) is 18.9. The Hall–Kier alpha value is -3.32. The van der Waals surface area contributed by atoms with Crippen LogP contribution in [0.3, 0.4) is 0 Å².